The molecule has 0 unspecified atom stereocenters. The Kier molecular flexibility index (Phi) is 9.75. The van der Waals surface area contributed by atoms with Gasteiger partial charge in [-0.1, -0.05) is 152 Å². The van der Waals surface area contributed by atoms with Gasteiger partial charge in [0, 0.05) is 45.8 Å². The summed E-state index contributed by atoms with van der Waals surface area (Å²) in [6.07, 6.45) is 3.59. The molecule has 5 aromatic heterocycles. The summed E-state index contributed by atoms with van der Waals surface area (Å²) >= 11 is 0. The molecule has 5 heterocycles. The zero-order valence-corrected chi connectivity index (χ0v) is 32.2. The van der Waals surface area contributed by atoms with Gasteiger partial charge in [-0.3, -0.25) is 9.97 Å². The largest absolute Gasteiger partial charge is 0.254 e. The Morgan fingerprint density at radius 2 is 0.733 bits per heavy atom. The molecule has 0 spiro atoms. The molecule has 8 heteroatoms. The second-order valence-corrected chi connectivity index (χ2v) is 14.1. The average Bonchev–Trinajstić information content (AvgIpc) is 3.35. The van der Waals surface area contributed by atoms with E-state index in [9.17, 15) is 0 Å². The van der Waals surface area contributed by atoms with Crippen LogP contribution in [0.3, 0.4) is 0 Å². The molecule has 0 saturated heterocycles. The molecule has 0 N–H and O–H groups in total. The van der Waals surface area contributed by atoms with Crippen LogP contribution in [0.25, 0.3) is 102 Å². The van der Waals surface area contributed by atoms with E-state index >= 15 is 0 Å². The van der Waals surface area contributed by atoms with E-state index in [4.69, 9.17) is 39.9 Å². The zero-order chi connectivity index (χ0) is 40.1. The van der Waals surface area contributed by atoms with E-state index in [1.54, 1.807) is 12.4 Å². The topological polar surface area (TPSA) is 103 Å². The molecule has 0 aliphatic heterocycles. The first-order valence-corrected chi connectivity index (χ1v) is 19.6. The summed E-state index contributed by atoms with van der Waals surface area (Å²) in [5, 5.41) is 0. The Labute approximate surface area is 347 Å². The molecule has 0 fully saturated rings. The summed E-state index contributed by atoms with van der Waals surface area (Å²) in [5.74, 6) is 2.34. The summed E-state index contributed by atoms with van der Waals surface area (Å²) in [5.41, 5.74) is 11.7. The second-order valence-electron chi connectivity index (χ2n) is 14.1. The van der Waals surface area contributed by atoms with Crippen LogP contribution in [0.4, 0.5) is 0 Å². The van der Waals surface area contributed by atoms with Gasteiger partial charge in [-0.05, 0) is 53.6 Å². The highest BCUT2D eigenvalue weighted by Gasteiger charge is 2.19. The number of aromatic nitrogens is 8. The molecule has 282 valence electrons. The van der Waals surface area contributed by atoms with E-state index in [2.05, 4.69) is 36.4 Å². The van der Waals surface area contributed by atoms with E-state index in [1.165, 1.54) is 0 Å². The van der Waals surface area contributed by atoms with Gasteiger partial charge in [0.2, 0.25) is 0 Å². The summed E-state index contributed by atoms with van der Waals surface area (Å²) in [4.78, 5) is 40.0. The minimum absolute atomic E-state index is 0.529. The van der Waals surface area contributed by atoms with Gasteiger partial charge < -0.3 is 0 Å². The minimum atomic E-state index is 0.529. The lowest BCUT2D eigenvalue weighted by molar-refractivity contribution is 1.07. The van der Waals surface area contributed by atoms with Gasteiger partial charge in [-0.15, -0.1) is 0 Å². The Morgan fingerprint density at radius 3 is 1.28 bits per heavy atom. The molecule has 8 nitrogen and oxygen atoms in total. The van der Waals surface area contributed by atoms with Gasteiger partial charge in [-0.25, -0.2) is 29.9 Å². The highest BCUT2D eigenvalue weighted by molar-refractivity contribution is 5.84. The Hall–Kier alpha value is -8.36. The van der Waals surface area contributed by atoms with Crippen molar-refractivity contribution >= 4 is 0 Å². The van der Waals surface area contributed by atoms with Gasteiger partial charge >= 0.3 is 0 Å². The molecule has 0 amide bonds. The third-order valence-corrected chi connectivity index (χ3v) is 10.1. The fourth-order valence-electron chi connectivity index (χ4n) is 7.07. The minimum Gasteiger partial charge on any atom is -0.254 e. The summed E-state index contributed by atoms with van der Waals surface area (Å²) in [6.45, 7) is 0. The third kappa shape index (κ3) is 7.56. The van der Waals surface area contributed by atoms with E-state index in [0.29, 0.717) is 46.1 Å². The van der Waals surface area contributed by atoms with E-state index < -0.39 is 0 Å². The van der Waals surface area contributed by atoms with Crippen molar-refractivity contribution in [3.05, 3.63) is 207 Å². The molecule has 0 saturated carbocycles. The highest BCUT2D eigenvalue weighted by atomic mass is 15.0. The van der Waals surface area contributed by atoms with Crippen molar-refractivity contribution in [3.63, 3.8) is 0 Å². The maximum Gasteiger partial charge on any atom is 0.165 e. The van der Waals surface area contributed by atoms with Crippen LogP contribution in [0.1, 0.15) is 0 Å². The third-order valence-electron chi connectivity index (χ3n) is 10.1. The van der Waals surface area contributed by atoms with Crippen molar-refractivity contribution < 1.29 is 0 Å². The standard InChI is InChI=1S/C52H34N8/c1-6-17-35(18-7-1)41-31-46(43-29-28-40(34-54-43)52-59-50(38-23-12-4-13-24-38)58-51(60-52)39-25-14-5-15-26-39)55-47(32-41)48-42(27-16-30-53-48)45-33-44(36-19-8-2-9-20-36)56-49(57-45)37-21-10-3-11-22-37/h1-34H. The van der Waals surface area contributed by atoms with Crippen molar-refractivity contribution in [2.75, 3.05) is 0 Å². The summed E-state index contributed by atoms with van der Waals surface area (Å²) < 4.78 is 0. The second kappa shape index (κ2) is 16.2. The molecule has 60 heavy (non-hydrogen) atoms. The van der Waals surface area contributed by atoms with Crippen molar-refractivity contribution in [3.8, 4) is 102 Å². The van der Waals surface area contributed by atoms with E-state index in [1.807, 2.05) is 158 Å². The normalized spacial score (nSPS) is 11.0. The SMILES string of the molecule is c1ccc(-c2cc(-c3ccc(-c4nc(-c5ccccc5)nc(-c5ccccc5)n4)cn3)nc(-c3ncccc3-c3cc(-c4ccccc4)nc(-c4ccccc4)n3)c2)cc1. The monoisotopic (exact) mass is 770 g/mol. The first-order valence-electron chi connectivity index (χ1n) is 19.6. The van der Waals surface area contributed by atoms with Crippen LogP contribution < -0.4 is 0 Å². The van der Waals surface area contributed by atoms with Gasteiger partial charge in [0.25, 0.3) is 0 Å². The Bertz CT molecular complexity index is 2940. The number of benzene rings is 5. The lowest BCUT2D eigenvalue weighted by Gasteiger charge is -2.14. The Balaban J connectivity index is 1.09. The van der Waals surface area contributed by atoms with Crippen LogP contribution in [0, 0.1) is 0 Å². The lowest BCUT2D eigenvalue weighted by atomic mass is 9.99. The first kappa shape index (κ1) is 36.0. The van der Waals surface area contributed by atoms with Crippen LogP contribution in [-0.4, -0.2) is 39.9 Å². The number of nitrogens with zero attached hydrogens (tertiary/aromatic N) is 8. The maximum atomic E-state index is 5.25. The van der Waals surface area contributed by atoms with Crippen LogP contribution in [0.15, 0.2) is 207 Å². The van der Waals surface area contributed by atoms with Crippen molar-refractivity contribution in [2.45, 2.75) is 0 Å². The van der Waals surface area contributed by atoms with Crippen LogP contribution >= 0.6 is 0 Å². The molecular formula is C52H34N8. The van der Waals surface area contributed by atoms with E-state index in [0.717, 1.165) is 55.9 Å². The van der Waals surface area contributed by atoms with Crippen LogP contribution in [0.2, 0.25) is 0 Å². The van der Waals surface area contributed by atoms with Crippen molar-refractivity contribution in [1.82, 2.24) is 39.9 Å². The molecule has 10 aromatic rings. The zero-order valence-electron chi connectivity index (χ0n) is 32.2. The molecule has 0 atom stereocenters. The predicted molar refractivity (Wildman–Crippen MR) is 238 cm³/mol. The van der Waals surface area contributed by atoms with Gasteiger partial charge in [-0.2, -0.15) is 0 Å². The first-order chi connectivity index (χ1) is 29.7. The lowest BCUT2D eigenvalue weighted by Crippen LogP contribution is -2.01. The number of rotatable bonds is 9. The Morgan fingerprint density at radius 1 is 0.250 bits per heavy atom. The molecule has 5 aromatic carbocycles. The molecule has 0 radical (unpaired) electrons. The van der Waals surface area contributed by atoms with Gasteiger partial charge in [0.05, 0.1) is 34.2 Å². The average molecular weight is 771 g/mol. The molecule has 0 aliphatic carbocycles. The van der Waals surface area contributed by atoms with E-state index in [-0.39, 0.29) is 0 Å². The number of pyridine rings is 3. The van der Waals surface area contributed by atoms with Crippen molar-refractivity contribution in [2.24, 2.45) is 0 Å². The molecule has 10 rings (SSSR count). The maximum absolute atomic E-state index is 5.25. The number of hydrogen-bond acceptors (Lipinski definition) is 8. The molecule has 0 aliphatic rings. The van der Waals surface area contributed by atoms with Gasteiger partial charge in [0.1, 0.15) is 0 Å². The predicted octanol–water partition coefficient (Wildman–Crippen LogP) is 11.8. The van der Waals surface area contributed by atoms with Crippen LogP contribution in [0.5, 0.6) is 0 Å². The fraction of sp³-hybridized carbons (Fsp3) is 0. The summed E-state index contributed by atoms with van der Waals surface area (Å²) in [7, 11) is 0. The highest BCUT2D eigenvalue weighted by Crippen LogP contribution is 2.36. The fourth-order valence-corrected chi connectivity index (χ4v) is 7.07. The molecule has 0 bridgehead atoms. The van der Waals surface area contributed by atoms with Crippen molar-refractivity contribution in [1.29, 1.82) is 0 Å². The summed E-state index contributed by atoms with van der Waals surface area (Å²) in [6, 6.07) is 64.5. The smallest absolute Gasteiger partial charge is 0.165 e. The van der Waals surface area contributed by atoms with Gasteiger partial charge in [0.15, 0.2) is 23.3 Å². The number of hydrogen-bond donors (Lipinski definition) is 0. The van der Waals surface area contributed by atoms with Crippen LogP contribution in [-0.2, 0) is 0 Å². The molecular weight excluding hydrogens is 737 g/mol. The quantitative estimate of drug-likeness (QED) is 0.143.